The van der Waals surface area contributed by atoms with E-state index in [1.165, 1.54) is 0 Å². The summed E-state index contributed by atoms with van der Waals surface area (Å²) in [6, 6.07) is 3.35. The first kappa shape index (κ1) is 26.6. The highest BCUT2D eigenvalue weighted by atomic mass is 17.1. The summed E-state index contributed by atoms with van der Waals surface area (Å²) in [5.74, 6) is 0.654. The normalized spacial score (nSPS) is 13.9. The summed E-state index contributed by atoms with van der Waals surface area (Å²) in [5, 5.41) is 24.7. The van der Waals surface area contributed by atoms with Gasteiger partial charge >= 0.3 is 0 Å². The SMILES string of the molecule is CC(C)(C)ON([O-])Oc1cc(C(C)(C)C)c(ON([O-])OC(C)(C)C)c(C(C)(C)C)c1. The Hall–Kier alpha value is -1.42. The van der Waals surface area contributed by atoms with E-state index in [0.717, 1.165) is 0 Å². The van der Waals surface area contributed by atoms with E-state index in [-0.39, 0.29) is 16.5 Å². The second kappa shape index (κ2) is 8.98. The van der Waals surface area contributed by atoms with Gasteiger partial charge in [0.1, 0.15) is 5.75 Å². The molecule has 0 N–H and O–H groups in total. The van der Waals surface area contributed by atoms with Crippen LogP contribution < -0.4 is 9.68 Å². The summed E-state index contributed by atoms with van der Waals surface area (Å²) in [7, 11) is 0. The maximum absolute atomic E-state index is 12.4. The van der Waals surface area contributed by atoms with Gasteiger partial charge in [-0.3, -0.25) is 9.68 Å². The Balaban J connectivity index is 3.48. The van der Waals surface area contributed by atoms with Gasteiger partial charge < -0.3 is 20.1 Å². The van der Waals surface area contributed by atoms with Gasteiger partial charge in [0.05, 0.1) is 11.2 Å². The molecule has 1 aromatic rings. The Morgan fingerprint density at radius 1 is 0.600 bits per heavy atom. The van der Waals surface area contributed by atoms with Gasteiger partial charge in [-0.15, -0.1) is 0 Å². The molecule has 0 radical (unpaired) electrons. The van der Waals surface area contributed by atoms with E-state index in [1.807, 2.05) is 41.5 Å². The average Bonchev–Trinajstić information content (AvgIpc) is 2.41. The molecule has 8 nitrogen and oxygen atoms in total. The molecular formula is C22H38N2O6-2. The zero-order valence-electron chi connectivity index (χ0n) is 20.5. The van der Waals surface area contributed by atoms with Crippen molar-refractivity contribution in [3.8, 4) is 11.5 Å². The van der Waals surface area contributed by atoms with E-state index < -0.39 is 22.0 Å². The van der Waals surface area contributed by atoms with Gasteiger partial charge in [-0.1, -0.05) is 52.3 Å². The highest BCUT2D eigenvalue weighted by molar-refractivity contribution is 5.52. The second-order valence-corrected chi connectivity index (χ2v) is 11.4. The number of rotatable bonds is 6. The van der Waals surface area contributed by atoms with Crippen molar-refractivity contribution in [2.45, 2.75) is 105 Å². The Bertz CT molecular complexity index is 673. The molecule has 8 heteroatoms. The van der Waals surface area contributed by atoms with Crippen LogP contribution in [-0.2, 0) is 20.5 Å². The Labute approximate surface area is 181 Å². The first-order chi connectivity index (χ1) is 13.2. The second-order valence-electron chi connectivity index (χ2n) is 11.4. The fourth-order valence-corrected chi connectivity index (χ4v) is 2.51. The van der Waals surface area contributed by atoms with Crippen molar-refractivity contribution < 1.29 is 19.4 Å². The van der Waals surface area contributed by atoms with Crippen molar-refractivity contribution in [3.05, 3.63) is 33.7 Å². The summed E-state index contributed by atoms with van der Waals surface area (Å²) < 4.78 is 0. The minimum absolute atomic E-state index is 0.0946. The van der Waals surface area contributed by atoms with Gasteiger partial charge in [-0.25, -0.2) is 0 Å². The average molecular weight is 427 g/mol. The lowest BCUT2D eigenvalue weighted by Crippen LogP contribution is -2.34. The molecule has 174 valence electrons. The van der Waals surface area contributed by atoms with E-state index >= 15 is 0 Å². The molecule has 0 aromatic heterocycles. The predicted molar refractivity (Wildman–Crippen MR) is 117 cm³/mol. The zero-order chi connectivity index (χ0) is 23.7. The largest absolute Gasteiger partial charge is 0.728 e. The van der Waals surface area contributed by atoms with E-state index in [2.05, 4.69) is 0 Å². The van der Waals surface area contributed by atoms with Crippen molar-refractivity contribution in [2.75, 3.05) is 0 Å². The monoisotopic (exact) mass is 426 g/mol. The summed E-state index contributed by atoms with van der Waals surface area (Å²) in [5.41, 5.74) is -0.897. The molecule has 0 heterocycles. The predicted octanol–water partition coefficient (Wildman–Crippen LogP) is 5.93. The van der Waals surface area contributed by atoms with E-state index in [4.69, 9.17) is 19.4 Å². The molecule has 0 amide bonds. The van der Waals surface area contributed by atoms with Crippen LogP contribution in [0.4, 0.5) is 0 Å². The van der Waals surface area contributed by atoms with Gasteiger partial charge in [0, 0.05) is 11.1 Å². The van der Waals surface area contributed by atoms with Crippen LogP contribution in [0.5, 0.6) is 11.5 Å². The van der Waals surface area contributed by atoms with Crippen LogP contribution in [0.15, 0.2) is 12.1 Å². The van der Waals surface area contributed by atoms with Crippen LogP contribution in [0.3, 0.4) is 0 Å². The van der Waals surface area contributed by atoms with Crippen molar-refractivity contribution in [1.29, 1.82) is 0 Å². The smallest absolute Gasteiger partial charge is 0.156 e. The molecule has 0 unspecified atom stereocenters. The first-order valence-electron chi connectivity index (χ1n) is 10.1. The van der Waals surface area contributed by atoms with E-state index in [9.17, 15) is 10.4 Å². The van der Waals surface area contributed by atoms with Gasteiger partial charge in [0.15, 0.2) is 5.75 Å². The van der Waals surface area contributed by atoms with Gasteiger partial charge in [-0.05, 0) is 64.5 Å². The van der Waals surface area contributed by atoms with Gasteiger partial charge in [0.2, 0.25) is 0 Å². The van der Waals surface area contributed by atoms with Crippen LogP contribution in [0.1, 0.15) is 94.2 Å². The van der Waals surface area contributed by atoms with Crippen molar-refractivity contribution in [3.63, 3.8) is 0 Å². The van der Waals surface area contributed by atoms with Crippen LogP contribution in [-0.4, -0.2) is 22.0 Å². The molecule has 0 aliphatic rings. The number of benzene rings is 1. The van der Waals surface area contributed by atoms with Gasteiger partial charge in [-0.2, -0.15) is 0 Å². The minimum Gasteiger partial charge on any atom is -0.728 e. The quantitative estimate of drug-likeness (QED) is 0.517. The third-order valence-electron chi connectivity index (χ3n) is 3.72. The minimum atomic E-state index is -0.720. The number of hydrogen-bond acceptors (Lipinski definition) is 8. The van der Waals surface area contributed by atoms with Crippen LogP contribution >= 0.6 is 0 Å². The standard InChI is InChI=1S/C22H38N2O6/c1-19(2,3)16-13-15(27-23(25)29-21(7,8)9)14-17(20(4,5)6)18(16)28-24(26)30-22(10,11)12/h13-14H,1-12H3/q-2. The topological polar surface area (TPSA) is 89.5 Å². The lowest BCUT2D eigenvalue weighted by Gasteiger charge is -2.37. The highest BCUT2D eigenvalue weighted by Gasteiger charge is 2.30. The summed E-state index contributed by atoms with van der Waals surface area (Å²) in [6.45, 7) is 22.4. The fourth-order valence-electron chi connectivity index (χ4n) is 2.51. The molecule has 1 rings (SSSR count). The molecule has 0 spiro atoms. The molecule has 0 saturated carbocycles. The summed E-state index contributed by atoms with van der Waals surface area (Å²) in [4.78, 5) is 21.5. The Kier molecular flexibility index (Phi) is 7.97. The summed E-state index contributed by atoms with van der Waals surface area (Å²) in [6.07, 6.45) is 0. The third kappa shape index (κ3) is 8.75. The molecule has 0 saturated heterocycles. The van der Waals surface area contributed by atoms with Crippen LogP contribution in [0, 0.1) is 10.4 Å². The van der Waals surface area contributed by atoms with Crippen molar-refractivity contribution in [1.82, 2.24) is 10.8 Å². The maximum Gasteiger partial charge on any atom is 0.156 e. The highest BCUT2D eigenvalue weighted by Crippen LogP contribution is 2.43. The van der Waals surface area contributed by atoms with Gasteiger partial charge in [0.25, 0.3) is 0 Å². The van der Waals surface area contributed by atoms with Crippen molar-refractivity contribution in [2.24, 2.45) is 0 Å². The van der Waals surface area contributed by atoms with Crippen molar-refractivity contribution >= 4 is 0 Å². The number of hydrogen-bond donors (Lipinski definition) is 0. The molecule has 30 heavy (non-hydrogen) atoms. The Morgan fingerprint density at radius 3 is 1.23 bits per heavy atom. The molecule has 0 aliphatic heterocycles. The summed E-state index contributed by atoms with van der Waals surface area (Å²) >= 11 is 0. The van der Waals surface area contributed by atoms with E-state index in [1.54, 1.807) is 53.7 Å². The van der Waals surface area contributed by atoms with Crippen LogP contribution in [0.25, 0.3) is 0 Å². The molecule has 0 aliphatic carbocycles. The molecular weight excluding hydrogens is 388 g/mol. The lowest BCUT2D eigenvalue weighted by molar-refractivity contribution is -0.329. The molecule has 0 fully saturated rings. The molecule has 1 aromatic carbocycles. The Morgan fingerprint density at radius 2 is 0.933 bits per heavy atom. The fraction of sp³-hybridized carbons (Fsp3) is 0.727. The maximum atomic E-state index is 12.4. The molecule has 0 atom stereocenters. The molecule has 0 bridgehead atoms. The number of nitrogens with zero attached hydrogens (tertiary/aromatic N) is 2. The zero-order valence-corrected chi connectivity index (χ0v) is 20.5. The third-order valence-corrected chi connectivity index (χ3v) is 3.72. The first-order valence-corrected chi connectivity index (χ1v) is 10.1. The van der Waals surface area contributed by atoms with Crippen LogP contribution in [0.2, 0.25) is 0 Å². The van der Waals surface area contributed by atoms with E-state index in [0.29, 0.717) is 16.9 Å². The lowest BCUT2D eigenvalue weighted by atomic mass is 9.79.